The molecule has 10 nitrogen and oxygen atoms in total. The second-order valence-corrected chi connectivity index (χ2v) is 8.70. The number of rotatable bonds is 7. The molecule has 1 saturated heterocycles. The molecule has 35 heavy (non-hydrogen) atoms. The van der Waals surface area contributed by atoms with Gasteiger partial charge in [0, 0.05) is 31.3 Å². The summed E-state index contributed by atoms with van der Waals surface area (Å²) in [6.45, 7) is 6.39. The van der Waals surface area contributed by atoms with E-state index in [4.69, 9.17) is 5.73 Å². The predicted octanol–water partition coefficient (Wildman–Crippen LogP) is 2.61. The molecule has 0 saturated carbocycles. The molecule has 0 aliphatic carbocycles. The molecule has 0 radical (unpaired) electrons. The third kappa shape index (κ3) is 4.61. The maximum Gasteiger partial charge on any atom is 0.222 e. The molecule has 1 amide bonds. The molecular weight excluding hydrogens is 449 g/mol. The number of aryl methyl sites for hydroxylation is 1. The van der Waals surface area contributed by atoms with Gasteiger partial charge in [-0.15, -0.1) is 5.10 Å². The molecule has 4 aromatic rings. The highest BCUT2D eigenvalue weighted by molar-refractivity contribution is 5.78. The van der Waals surface area contributed by atoms with Crippen molar-refractivity contribution in [3.8, 4) is 22.8 Å². The molecule has 1 aliphatic rings. The number of likely N-dealkylation sites (tertiary alicyclic amines) is 1. The molecule has 2 N–H and O–H groups in total. The van der Waals surface area contributed by atoms with Gasteiger partial charge in [0.15, 0.2) is 17.5 Å². The Morgan fingerprint density at radius 1 is 1.11 bits per heavy atom. The molecule has 180 valence electrons. The summed E-state index contributed by atoms with van der Waals surface area (Å²) in [4.78, 5) is 22.2. The molecule has 3 aromatic heterocycles. The first-order chi connectivity index (χ1) is 16.9. The number of nitrogen functional groups attached to an aromatic ring is 1. The van der Waals surface area contributed by atoms with Gasteiger partial charge < -0.3 is 10.6 Å². The summed E-state index contributed by atoms with van der Waals surface area (Å²) in [5, 5.41) is 12.8. The van der Waals surface area contributed by atoms with Crippen LogP contribution in [0.25, 0.3) is 22.8 Å². The predicted molar refractivity (Wildman–Crippen MR) is 127 cm³/mol. The summed E-state index contributed by atoms with van der Waals surface area (Å²) in [6.07, 6.45) is 5.03. The molecule has 11 heteroatoms. The molecule has 1 aromatic carbocycles. The summed E-state index contributed by atoms with van der Waals surface area (Å²) in [7, 11) is 0. The van der Waals surface area contributed by atoms with E-state index in [1.165, 1.54) is 0 Å². The summed E-state index contributed by atoms with van der Waals surface area (Å²) in [5.41, 5.74) is 9.77. The van der Waals surface area contributed by atoms with Crippen LogP contribution in [0.3, 0.4) is 0 Å². The fourth-order valence-corrected chi connectivity index (χ4v) is 4.17. The van der Waals surface area contributed by atoms with Crippen LogP contribution in [0.4, 0.5) is 10.2 Å². The summed E-state index contributed by atoms with van der Waals surface area (Å²) < 4.78 is 18.2. The third-order valence-corrected chi connectivity index (χ3v) is 6.29. The van der Waals surface area contributed by atoms with Gasteiger partial charge in [-0.25, -0.2) is 19.0 Å². The Hall–Kier alpha value is -4.15. The van der Waals surface area contributed by atoms with Crippen molar-refractivity contribution in [1.29, 1.82) is 0 Å². The molecule has 1 fully saturated rings. The second-order valence-electron chi connectivity index (χ2n) is 8.70. The van der Waals surface area contributed by atoms with Gasteiger partial charge in [-0.1, -0.05) is 23.4 Å². The number of nitrogens with two attached hydrogens (primary N) is 1. The van der Waals surface area contributed by atoms with Crippen molar-refractivity contribution in [1.82, 2.24) is 39.6 Å². The fraction of sp³-hybridized carbons (Fsp3) is 0.333. The summed E-state index contributed by atoms with van der Waals surface area (Å²) in [5.74, 6) is -0.432. The van der Waals surface area contributed by atoms with Crippen molar-refractivity contribution >= 4 is 11.7 Å². The van der Waals surface area contributed by atoms with E-state index in [2.05, 4.69) is 25.4 Å². The van der Waals surface area contributed by atoms with Crippen molar-refractivity contribution in [3.05, 3.63) is 59.3 Å². The number of amides is 1. The van der Waals surface area contributed by atoms with E-state index in [9.17, 15) is 9.18 Å². The van der Waals surface area contributed by atoms with Gasteiger partial charge in [-0.2, -0.15) is 5.10 Å². The van der Waals surface area contributed by atoms with Crippen LogP contribution >= 0.6 is 0 Å². The van der Waals surface area contributed by atoms with Crippen molar-refractivity contribution < 1.29 is 9.18 Å². The van der Waals surface area contributed by atoms with Crippen LogP contribution in [-0.4, -0.2) is 58.6 Å². The number of carbonyl (C=O) groups is 1. The number of aromatic nitrogens is 7. The van der Waals surface area contributed by atoms with Crippen LogP contribution in [-0.2, 0) is 17.9 Å². The van der Waals surface area contributed by atoms with Gasteiger partial charge in [-0.3, -0.25) is 9.48 Å². The first-order valence-corrected chi connectivity index (χ1v) is 11.5. The van der Waals surface area contributed by atoms with E-state index in [1.807, 2.05) is 49.2 Å². The van der Waals surface area contributed by atoms with Gasteiger partial charge >= 0.3 is 0 Å². The Morgan fingerprint density at radius 3 is 2.77 bits per heavy atom. The van der Waals surface area contributed by atoms with E-state index in [0.717, 1.165) is 35.3 Å². The third-order valence-electron chi connectivity index (χ3n) is 6.29. The van der Waals surface area contributed by atoms with E-state index in [-0.39, 0.29) is 23.1 Å². The molecule has 0 unspecified atom stereocenters. The van der Waals surface area contributed by atoms with Crippen molar-refractivity contribution in [2.24, 2.45) is 0 Å². The molecular formula is C24H26FN9O. The van der Waals surface area contributed by atoms with Crippen LogP contribution in [0.5, 0.6) is 0 Å². The Kier molecular flexibility index (Phi) is 5.98. The number of hydrogen-bond donors (Lipinski definition) is 1. The molecule has 5 rings (SSSR count). The maximum absolute atomic E-state index is 14.9. The quantitative estimate of drug-likeness (QED) is 0.436. The topological polar surface area (TPSA) is 121 Å². The Balaban J connectivity index is 1.33. The molecule has 4 heterocycles. The van der Waals surface area contributed by atoms with Gasteiger partial charge in [0.1, 0.15) is 11.4 Å². The zero-order chi connectivity index (χ0) is 24.5. The van der Waals surface area contributed by atoms with Crippen LogP contribution in [0, 0.1) is 19.7 Å². The SMILES string of the molecule is Cc1cccc(-c2nc(N)c(F)c(-c3cn(Cc4ccn(CCN5CCCC5=O)n4)nn3)n2)c1C. The lowest BCUT2D eigenvalue weighted by Crippen LogP contribution is -2.28. The largest absolute Gasteiger partial charge is 0.381 e. The van der Waals surface area contributed by atoms with Gasteiger partial charge in [0.05, 0.1) is 25.0 Å². The van der Waals surface area contributed by atoms with Crippen LogP contribution in [0.2, 0.25) is 0 Å². The zero-order valence-corrected chi connectivity index (χ0v) is 19.6. The highest BCUT2D eigenvalue weighted by Gasteiger charge is 2.20. The molecule has 1 aliphatic heterocycles. The van der Waals surface area contributed by atoms with E-state index in [1.54, 1.807) is 15.6 Å². The molecule has 0 atom stereocenters. The Bertz CT molecular complexity index is 1390. The van der Waals surface area contributed by atoms with Crippen LogP contribution < -0.4 is 5.73 Å². The van der Waals surface area contributed by atoms with Gasteiger partial charge in [0.2, 0.25) is 5.91 Å². The number of carbonyl (C=O) groups excluding carboxylic acids is 1. The average molecular weight is 476 g/mol. The number of benzene rings is 1. The van der Waals surface area contributed by atoms with Gasteiger partial charge in [-0.05, 0) is 37.5 Å². The van der Waals surface area contributed by atoms with Gasteiger partial charge in [0.25, 0.3) is 0 Å². The minimum absolute atomic E-state index is 0.000431. The average Bonchev–Trinajstić information content (AvgIpc) is 3.58. The van der Waals surface area contributed by atoms with Crippen LogP contribution in [0.15, 0.2) is 36.7 Å². The fourth-order valence-electron chi connectivity index (χ4n) is 4.17. The van der Waals surface area contributed by atoms with Crippen molar-refractivity contribution in [2.75, 3.05) is 18.8 Å². The van der Waals surface area contributed by atoms with Crippen molar-refractivity contribution in [2.45, 2.75) is 39.8 Å². The lowest BCUT2D eigenvalue weighted by Gasteiger charge is -2.14. The minimum atomic E-state index is -0.730. The number of halogens is 1. The minimum Gasteiger partial charge on any atom is -0.381 e. The number of nitrogens with zero attached hydrogens (tertiary/aromatic N) is 8. The molecule has 0 bridgehead atoms. The first kappa shape index (κ1) is 22.6. The summed E-state index contributed by atoms with van der Waals surface area (Å²) in [6, 6.07) is 7.66. The van der Waals surface area contributed by atoms with E-state index in [0.29, 0.717) is 31.9 Å². The van der Waals surface area contributed by atoms with Crippen molar-refractivity contribution in [3.63, 3.8) is 0 Å². The maximum atomic E-state index is 14.9. The highest BCUT2D eigenvalue weighted by Crippen LogP contribution is 2.28. The van der Waals surface area contributed by atoms with E-state index >= 15 is 0 Å². The Labute approximate surface area is 201 Å². The smallest absolute Gasteiger partial charge is 0.222 e. The molecule has 0 spiro atoms. The number of anilines is 1. The lowest BCUT2D eigenvalue weighted by molar-refractivity contribution is -0.127. The lowest BCUT2D eigenvalue weighted by atomic mass is 10.0. The van der Waals surface area contributed by atoms with Crippen LogP contribution in [0.1, 0.15) is 29.7 Å². The zero-order valence-electron chi connectivity index (χ0n) is 19.6. The standard InChI is InChI=1S/C24H26FN9O/c1-15-5-3-6-18(16(15)2)24-27-22(21(25)23(26)28-24)19-14-34(31-29-19)13-17-8-10-33(30-17)12-11-32-9-4-7-20(32)35/h3,5-6,8,10,14H,4,7,9,11-13H2,1-2H3,(H2,26,27,28). The van der Waals surface area contributed by atoms with E-state index < -0.39 is 5.82 Å². The normalized spacial score (nSPS) is 13.7. The highest BCUT2D eigenvalue weighted by atomic mass is 19.1. The second kappa shape index (κ2) is 9.24. The summed E-state index contributed by atoms with van der Waals surface area (Å²) >= 11 is 0. The monoisotopic (exact) mass is 475 g/mol. The Morgan fingerprint density at radius 2 is 1.97 bits per heavy atom. The number of hydrogen-bond acceptors (Lipinski definition) is 7. The first-order valence-electron chi connectivity index (χ1n) is 11.5.